The summed E-state index contributed by atoms with van der Waals surface area (Å²) in [5, 5.41) is 0. The molecule has 1 N–H and O–H groups in total. The first kappa shape index (κ1) is 17.2. The summed E-state index contributed by atoms with van der Waals surface area (Å²) >= 11 is 1.77. The number of rotatable bonds is 4. The molecule has 122 valence electrons. The molecule has 2 rings (SSSR count). The van der Waals surface area contributed by atoms with Crippen LogP contribution in [0.25, 0.3) is 0 Å². The molecule has 5 nitrogen and oxygen atoms in total. The normalized spacial score (nSPS) is 17.3. The number of hydrogen-bond donors (Lipinski definition) is 1. The summed E-state index contributed by atoms with van der Waals surface area (Å²) in [5.41, 5.74) is 0.245. The molecule has 1 aromatic carbocycles. The lowest BCUT2D eigenvalue weighted by Gasteiger charge is -2.29. The standard InChI is InChI=1S/C14H19FN2O3S2/c1-10-9-12(3-4-13(10)15)22(19,20)16-11(2)14(18)17-5-7-21-8-6-17/h3-4,9,11,16H,5-8H2,1-2H3/t11-/m0/s1. The fourth-order valence-corrected chi connectivity index (χ4v) is 4.38. The lowest BCUT2D eigenvalue weighted by atomic mass is 10.2. The number of carbonyl (C=O) groups is 1. The number of nitrogens with zero attached hydrogens (tertiary/aromatic N) is 1. The molecule has 0 radical (unpaired) electrons. The van der Waals surface area contributed by atoms with Gasteiger partial charge in [-0.3, -0.25) is 4.79 Å². The third kappa shape index (κ3) is 3.99. The van der Waals surface area contributed by atoms with Crippen molar-refractivity contribution in [2.45, 2.75) is 24.8 Å². The van der Waals surface area contributed by atoms with Gasteiger partial charge in [0.25, 0.3) is 0 Å². The number of halogens is 1. The van der Waals surface area contributed by atoms with Gasteiger partial charge in [-0.2, -0.15) is 16.5 Å². The third-order valence-electron chi connectivity index (χ3n) is 3.46. The maximum atomic E-state index is 13.2. The number of thioether (sulfide) groups is 1. The molecule has 0 unspecified atom stereocenters. The topological polar surface area (TPSA) is 66.5 Å². The molecule has 0 aromatic heterocycles. The number of nitrogens with one attached hydrogen (secondary N) is 1. The van der Waals surface area contributed by atoms with E-state index in [1.165, 1.54) is 26.0 Å². The van der Waals surface area contributed by atoms with E-state index in [1.807, 2.05) is 0 Å². The van der Waals surface area contributed by atoms with Gasteiger partial charge in [-0.05, 0) is 37.6 Å². The van der Waals surface area contributed by atoms with E-state index in [-0.39, 0.29) is 16.4 Å². The van der Waals surface area contributed by atoms with E-state index >= 15 is 0 Å². The van der Waals surface area contributed by atoms with E-state index in [1.54, 1.807) is 16.7 Å². The summed E-state index contributed by atoms with van der Waals surface area (Å²) in [4.78, 5) is 13.9. The van der Waals surface area contributed by atoms with Gasteiger partial charge in [-0.1, -0.05) is 0 Å². The Hall–Kier alpha value is -1.12. The van der Waals surface area contributed by atoms with Gasteiger partial charge >= 0.3 is 0 Å². The van der Waals surface area contributed by atoms with E-state index < -0.39 is 21.9 Å². The highest BCUT2D eigenvalue weighted by Gasteiger charge is 2.27. The monoisotopic (exact) mass is 346 g/mol. The molecule has 22 heavy (non-hydrogen) atoms. The first-order valence-corrected chi connectivity index (χ1v) is 9.60. The minimum Gasteiger partial charge on any atom is -0.340 e. The van der Waals surface area contributed by atoms with Gasteiger partial charge < -0.3 is 4.90 Å². The molecule has 0 spiro atoms. The lowest BCUT2D eigenvalue weighted by Crippen LogP contribution is -2.49. The summed E-state index contributed by atoms with van der Waals surface area (Å²) in [6, 6.07) is 2.71. The Morgan fingerprint density at radius 3 is 2.59 bits per heavy atom. The molecule has 0 aliphatic carbocycles. The molecular formula is C14H19FN2O3S2. The molecule has 1 aromatic rings. The first-order chi connectivity index (χ1) is 10.3. The summed E-state index contributed by atoms with van der Waals surface area (Å²) < 4.78 is 40.2. The fraction of sp³-hybridized carbons (Fsp3) is 0.500. The van der Waals surface area contributed by atoms with Crippen molar-refractivity contribution < 1.29 is 17.6 Å². The average Bonchev–Trinajstić information content (AvgIpc) is 2.49. The molecule has 1 aliphatic heterocycles. The van der Waals surface area contributed by atoms with Gasteiger partial charge in [0.1, 0.15) is 5.82 Å². The van der Waals surface area contributed by atoms with Gasteiger partial charge in [-0.15, -0.1) is 0 Å². The molecule has 1 amide bonds. The van der Waals surface area contributed by atoms with Crippen LogP contribution in [-0.2, 0) is 14.8 Å². The van der Waals surface area contributed by atoms with Crippen molar-refractivity contribution in [1.29, 1.82) is 0 Å². The van der Waals surface area contributed by atoms with Crippen molar-refractivity contribution in [2.75, 3.05) is 24.6 Å². The summed E-state index contributed by atoms with van der Waals surface area (Å²) in [7, 11) is -3.85. The van der Waals surface area contributed by atoms with Crippen LogP contribution in [0.5, 0.6) is 0 Å². The number of aryl methyl sites for hydroxylation is 1. The highest BCUT2D eigenvalue weighted by molar-refractivity contribution is 7.99. The molecule has 8 heteroatoms. The summed E-state index contributed by atoms with van der Waals surface area (Å²) in [5.74, 6) is 1.03. The average molecular weight is 346 g/mol. The molecule has 1 heterocycles. The van der Waals surface area contributed by atoms with Crippen LogP contribution in [0.15, 0.2) is 23.1 Å². The van der Waals surface area contributed by atoms with Crippen LogP contribution >= 0.6 is 11.8 Å². The van der Waals surface area contributed by atoms with E-state index in [9.17, 15) is 17.6 Å². The zero-order chi connectivity index (χ0) is 16.3. The predicted molar refractivity (Wildman–Crippen MR) is 84.8 cm³/mol. The Morgan fingerprint density at radius 1 is 1.36 bits per heavy atom. The Balaban J connectivity index is 2.10. The molecular weight excluding hydrogens is 327 g/mol. The van der Waals surface area contributed by atoms with Crippen molar-refractivity contribution in [2.24, 2.45) is 0 Å². The van der Waals surface area contributed by atoms with Gasteiger partial charge in [0.05, 0.1) is 10.9 Å². The first-order valence-electron chi connectivity index (χ1n) is 6.96. The Bertz CT molecular complexity index is 658. The molecule has 1 saturated heterocycles. The summed E-state index contributed by atoms with van der Waals surface area (Å²) in [6.45, 7) is 4.28. The third-order valence-corrected chi connectivity index (χ3v) is 5.95. The van der Waals surface area contributed by atoms with Crippen LogP contribution < -0.4 is 4.72 Å². The minimum atomic E-state index is -3.85. The van der Waals surface area contributed by atoms with Crippen molar-refractivity contribution in [3.8, 4) is 0 Å². The van der Waals surface area contributed by atoms with Crippen molar-refractivity contribution in [3.05, 3.63) is 29.6 Å². The smallest absolute Gasteiger partial charge is 0.241 e. The lowest BCUT2D eigenvalue weighted by molar-refractivity contribution is -0.132. The van der Waals surface area contributed by atoms with Crippen LogP contribution in [0.1, 0.15) is 12.5 Å². The van der Waals surface area contributed by atoms with E-state index in [4.69, 9.17) is 0 Å². The van der Waals surface area contributed by atoms with Crippen LogP contribution in [0.3, 0.4) is 0 Å². The second-order valence-electron chi connectivity index (χ2n) is 5.19. The highest BCUT2D eigenvalue weighted by Crippen LogP contribution is 2.15. The number of hydrogen-bond acceptors (Lipinski definition) is 4. The number of benzene rings is 1. The Morgan fingerprint density at radius 2 is 2.00 bits per heavy atom. The molecule has 0 bridgehead atoms. The molecule has 1 fully saturated rings. The maximum absolute atomic E-state index is 13.2. The van der Waals surface area contributed by atoms with Crippen molar-refractivity contribution in [1.82, 2.24) is 9.62 Å². The predicted octanol–water partition coefficient (Wildman–Crippen LogP) is 1.38. The van der Waals surface area contributed by atoms with Crippen molar-refractivity contribution in [3.63, 3.8) is 0 Å². The Labute approximate surface area is 134 Å². The molecule has 1 atom stereocenters. The van der Waals surface area contributed by atoms with E-state index in [0.29, 0.717) is 13.1 Å². The zero-order valence-electron chi connectivity index (χ0n) is 12.5. The molecule has 1 aliphatic rings. The second-order valence-corrected chi connectivity index (χ2v) is 8.13. The van der Waals surface area contributed by atoms with Gasteiger partial charge in [-0.25, -0.2) is 12.8 Å². The van der Waals surface area contributed by atoms with Crippen LogP contribution in [0.4, 0.5) is 4.39 Å². The largest absolute Gasteiger partial charge is 0.340 e. The van der Waals surface area contributed by atoms with Gasteiger partial charge in [0.2, 0.25) is 15.9 Å². The van der Waals surface area contributed by atoms with Gasteiger partial charge in [0.15, 0.2) is 0 Å². The van der Waals surface area contributed by atoms with Crippen molar-refractivity contribution >= 4 is 27.7 Å². The number of carbonyl (C=O) groups excluding carboxylic acids is 1. The number of amides is 1. The summed E-state index contributed by atoms with van der Waals surface area (Å²) in [6.07, 6.45) is 0. The SMILES string of the molecule is Cc1cc(S(=O)(=O)N[C@@H](C)C(=O)N2CCSCC2)ccc1F. The van der Waals surface area contributed by atoms with Crippen LogP contribution in [0.2, 0.25) is 0 Å². The molecule has 0 saturated carbocycles. The minimum absolute atomic E-state index is 0.0414. The van der Waals surface area contributed by atoms with Crippen LogP contribution in [0, 0.1) is 12.7 Å². The second kappa shape index (κ2) is 6.97. The maximum Gasteiger partial charge on any atom is 0.241 e. The van der Waals surface area contributed by atoms with Crippen LogP contribution in [-0.4, -0.2) is 49.9 Å². The zero-order valence-corrected chi connectivity index (χ0v) is 14.1. The quantitative estimate of drug-likeness (QED) is 0.894. The highest BCUT2D eigenvalue weighted by atomic mass is 32.2. The fourth-order valence-electron chi connectivity index (χ4n) is 2.19. The van der Waals surface area contributed by atoms with E-state index in [0.717, 1.165) is 17.6 Å². The van der Waals surface area contributed by atoms with Gasteiger partial charge in [0, 0.05) is 24.6 Å². The van der Waals surface area contributed by atoms with E-state index in [2.05, 4.69) is 4.72 Å². The number of sulfonamides is 1. The Kier molecular flexibility index (Phi) is 5.46.